The van der Waals surface area contributed by atoms with Crippen molar-refractivity contribution in [1.29, 1.82) is 0 Å². The van der Waals surface area contributed by atoms with Gasteiger partial charge in [-0.2, -0.15) is 0 Å². The van der Waals surface area contributed by atoms with E-state index in [0.717, 1.165) is 12.0 Å². The Morgan fingerprint density at radius 2 is 2.23 bits per heavy atom. The molecule has 0 aliphatic heterocycles. The van der Waals surface area contributed by atoms with Crippen LogP contribution in [0.15, 0.2) is 24.3 Å². The van der Waals surface area contributed by atoms with Crippen molar-refractivity contribution in [3.05, 3.63) is 24.3 Å². The zero-order chi connectivity index (χ0) is 10.4. The zero-order valence-electron chi connectivity index (χ0n) is 8.38. The van der Waals surface area contributed by atoms with Crippen LogP contribution in [-0.2, 0) is 0 Å². The molecule has 1 unspecified atom stereocenters. The Labute approximate surface area is 93.8 Å². The normalized spacial score (nSPS) is 13.7. The number of carbonyl (C=O) groups is 1. The van der Waals surface area contributed by atoms with E-state index >= 15 is 0 Å². The van der Waals surface area contributed by atoms with Crippen LogP contribution in [0.4, 0.5) is 4.79 Å². The van der Waals surface area contributed by atoms with Crippen molar-refractivity contribution in [2.45, 2.75) is 26.3 Å². The first kappa shape index (κ1) is 12.7. The Balaban J connectivity index is 4.54. The van der Waals surface area contributed by atoms with E-state index in [1.165, 1.54) is 0 Å². The van der Waals surface area contributed by atoms with E-state index in [9.17, 15) is 4.79 Å². The van der Waals surface area contributed by atoms with Gasteiger partial charge in [0.1, 0.15) is 0 Å². The molecule has 0 radical (unpaired) electrons. The number of nitrogens with zero attached hydrogens (tertiary/aromatic N) is 1. The van der Waals surface area contributed by atoms with Crippen molar-refractivity contribution in [1.82, 2.24) is 4.90 Å². The van der Waals surface area contributed by atoms with E-state index in [2.05, 4.69) is 19.6 Å². The maximum atomic E-state index is 11.1. The second kappa shape index (κ2) is 6.18. The van der Waals surface area contributed by atoms with E-state index in [4.69, 9.17) is 0 Å². The van der Waals surface area contributed by atoms with Gasteiger partial charge in [-0.05, 0) is 18.9 Å². The lowest BCUT2D eigenvalue weighted by Crippen LogP contribution is -2.31. The molecule has 1 amide bonds. The molecule has 0 N–H and O–H groups in total. The molecule has 74 valence electrons. The Kier molecular flexibility index (Phi) is 6.03. The maximum Gasteiger partial charge on any atom is 0.283 e. The summed E-state index contributed by atoms with van der Waals surface area (Å²) >= 11 is 1.79. The van der Waals surface area contributed by atoms with Crippen LogP contribution < -0.4 is 0 Å². The van der Waals surface area contributed by atoms with Gasteiger partial charge in [0, 0.05) is 29.6 Å². The van der Waals surface area contributed by atoms with Crippen LogP contribution in [0, 0.1) is 0 Å². The van der Waals surface area contributed by atoms with Crippen molar-refractivity contribution in [3.8, 4) is 0 Å². The van der Waals surface area contributed by atoms with E-state index in [-0.39, 0.29) is 9.96 Å². The number of carbonyl (C=O) groups excluding carboxylic acids is 1. The highest BCUT2D eigenvalue weighted by molar-refractivity contribution is 14.1. The van der Waals surface area contributed by atoms with Gasteiger partial charge in [-0.25, -0.2) is 0 Å². The second-order valence-corrected chi connectivity index (χ2v) is 3.78. The Hall–Kier alpha value is -0.320. The average Bonchev–Trinajstić information content (AvgIpc) is 2.11. The number of allylic oxidation sites excluding steroid dienone is 1. The SMILES string of the molecule is C=C/C(=C\CC)C(C)N(C)C(=O)I. The standard InChI is InChI=1S/C10H16INO/c1-5-7-9(6-2)8(3)12(4)10(11)13/h6-8H,2,5H2,1,3-4H3/b9-7+. The van der Waals surface area contributed by atoms with Crippen molar-refractivity contribution in [2.75, 3.05) is 7.05 Å². The lowest BCUT2D eigenvalue weighted by atomic mass is 10.1. The van der Waals surface area contributed by atoms with Crippen molar-refractivity contribution >= 4 is 26.5 Å². The molecular formula is C10H16INO. The second-order valence-electron chi connectivity index (χ2n) is 2.86. The topological polar surface area (TPSA) is 20.3 Å². The molecular weight excluding hydrogens is 277 g/mol. The van der Waals surface area contributed by atoms with Gasteiger partial charge in [0.2, 0.25) is 0 Å². The highest BCUT2D eigenvalue weighted by atomic mass is 127. The molecule has 13 heavy (non-hydrogen) atoms. The van der Waals surface area contributed by atoms with E-state index < -0.39 is 0 Å². The number of rotatable bonds is 4. The first-order valence-electron chi connectivity index (χ1n) is 4.29. The fourth-order valence-corrected chi connectivity index (χ4v) is 1.45. The predicted octanol–water partition coefficient (Wildman–Crippen LogP) is 3.38. The van der Waals surface area contributed by atoms with Crippen LogP contribution in [-0.4, -0.2) is 21.9 Å². The predicted molar refractivity (Wildman–Crippen MR) is 65.2 cm³/mol. The molecule has 3 heteroatoms. The molecule has 0 saturated heterocycles. The van der Waals surface area contributed by atoms with Crippen LogP contribution in [0.5, 0.6) is 0 Å². The molecule has 2 nitrogen and oxygen atoms in total. The van der Waals surface area contributed by atoms with Gasteiger partial charge < -0.3 is 4.90 Å². The number of hydrogen-bond acceptors (Lipinski definition) is 1. The highest BCUT2D eigenvalue weighted by Crippen LogP contribution is 2.13. The Morgan fingerprint density at radius 1 is 1.69 bits per heavy atom. The number of amides is 1. The van der Waals surface area contributed by atoms with Gasteiger partial charge in [0.25, 0.3) is 3.91 Å². The number of likely N-dealkylation sites (N-methyl/N-ethyl adjacent to an activating group) is 1. The third kappa shape index (κ3) is 3.93. The van der Waals surface area contributed by atoms with Crippen molar-refractivity contribution in [3.63, 3.8) is 0 Å². The fourth-order valence-electron chi connectivity index (χ4n) is 1.04. The van der Waals surface area contributed by atoms with Gasteiger partial charge in [0.05, 0.1) is 6.04 Å². The molecule has 0 saturated carbocycles. The number of halogens is 1. The molecule has 0 bridgehead atoms. The Bertz CT molecular complexity index is 223. The smallest absolute Gasteiger partial charge is 0.283 e. The molecule has 0 aromatic rings. The lowest BCUT2D eigenvalue weighted by molar-refractivity contribution is 0.229. The van der Waals surface area contributed by atoms with Crippen molar-refractivity contribution in [2.24, 2.45) is 0 Å². The number of hydrogen-bond donors (Lipinski definition) is 0. The molecule has 0 aliphatic rings. The monoisotopic (exact) mass is 293 g/mol. The van der Waals surface area contributed by atoms with Gasteiger partial charge in [-0.3, -0.25) is 4.79 Å². The maximum absolute atomic E-state index is 11.1. The summed E-state index contributed by atoms with van der Waals surface area (Å²) in [5.74, 6) is 0. The van der Waals surface area contributed by atoms with Gasteiger partial charge in [-0.15, -0.1) is 0 Å². The van der Waals surface area contributed by atoms with Gasteiger partial charge in [-0.1, -0.05) is 25.7 Å². The molecule has 1 atom stereocenters. The molecule has 0 rings (SSSR count). The third-order valence-corrected chi connectivity index (χ3v) is 2.78. The molecule has 0 aromatic carbocycles. The van der Waals surface area contributed by atoms with E-state index in [0.29, 0.717) is 0 Å². The quantitative estimate of drug-likeness (QED) is 0.337. The molecule has 0 aliphatic carbocycles. The summed E-state index contributed by atoms with van der Waals surface area (Å²) in [6, 6.07) is 0.113. The summed E-state index contributed by atoms with van der Waals surface area (Å²) in [6.45, 7) is 7.80. The minimum absolute atomic E-state index is 0.0500. The van der Waals surface area contributed by atoms with Crippen LogP contribution in [0.1, 0.15) is 20.3 Å². The molecule has 0 spiro atoms. The van der Waals surface area contributed by atoms with Crippen LogP contribution in [0.2, 0.25) is 0 Å². The first-order valence-corrected chi connectivity index (χ1v) is 5.37. The zero-order valence-corrected chi connectivity index (χ0v) is 10.5. The average molecular weight is 293 g/mol. The fraction of sp³-hybridized carbons (Fsp3) is 0.500. The van der Waals surface area contributed by atoms with E-state index in [1.807, 2.05) is 13.0 Å². The Morgan fingerprint density at radius 3 is 2.54 bits per heavy atom. The molecule has 0 aromatic heterocycles. The third-order valence-electron chi connectivity index (χ3n) is 2.02. The summed E-state index contributed by atoms with van der Waals surface area (Å²) in [5.41, 5.74) is 1.11. The minimum atomic E-state index is 0.0500. The highest BCUT2D eigenvalue weighted by Gasteiger charge is 2.14. The van der Waals surface area contributed by atoms with Gasteiger partial charge >= 0.3 is 0 Å². The first-order chi connectivity index (χ1) is 6.04. The van der Waals surface area contributed by atoms with Crippen LogP contribution in [0.3, 0.4) is 0 Å². The van der Waals surface area contributed by atoms with Crippen LogP contribution >= 0.6 is 22.6 Å². The van der Waals surface area contributed by atoms with Crippen molar-refractivity contribution < 1.29 is 4.79 Å². The summed E-state index contributed by atoms with van der Waals surface area (Å²) in [4.78, 5) is 12.8. The minimum Gasteiger partial charge on any atom is -0.330 e. The largest absolute Gasteiger partial charge is 0.330 e. The summed E-state index contributed by atoms with van der Waals surface area (Å²) in [5, 5.41) is 0. The summed E-state index contributed by atoms with van der Waals surface area (Å²) < 4.78 is 0.0500. The lowest BCUT2D eigenvalue weighted by Gasteiger charge is -2.23. The molecule has 0 fully saturated rings. The summed E-state index contributed by atoms with van der Waals surface area (Å²) in [6.07, 6.45) is 4.87. The molecule has 0 heterocycles. The van der Waals surface area contributed by atoms with Gasteiger partial charge in [0.15, 0.2) is 0 Å². The van der Waals surface area contributed by atoms with E-state index in [1.54, 1.807) is 34.5 Å². The van der Waals surface area contributed by atoms with Crippen LogP contribution in [0.25, 0.3) is 0 Å². The summed E-state index contributed by atoms with van der Waals surface area (Å²) in [7, 11) is 1.80.